The molecular formula is C20H22ClNO6. The van der Waals surface area contributed by atoms with Crippen molar-refractivity contribution in [3.8, 4) is 17.2 Å². The van der Waals surface area contributed by atoms with E-state index in [2.05, 4.69) is 5.32 Å². The van der Waals surface area contributed by atoms with Crippen LogP contribution in [0.4, 0.5) is 5.69 Å². The van der Waals surface area contributed by atoms with E-state index in [9.17, 15) is 9.59 Å². The molecule has 0 radical (unpaired) electrons. The summed E-state index contributed by atoms with van der Waals surface area (Å²) in [4.78, 5) is 24.3. The van der Waals surface area contributed by atoms with Crippen molar-refractivity contribution in [2.24, 2.45) is 0 Å². The van der Waals surface area contributed by atoms with Gasteiger partial charge >= 0.3 is 5.97 Å². The Morgan fingerprint density at radius 2 is 1.79 bits per heavy atom. The lowest BCUT2D eigenvalue weighted by molar-refractivity contribution is -0.155. The molecule has 1 atom stereocenters. The fraction of sp³-hybridized carbons (Fsp3) is 0.300. The van der Waals surface area contributed by atoms with Gasteiger partial charge in [0.2, 0.25) is 0 Å². The molecule has 1 N–H and O–H groups in total. The maximum absolute atomic E-state index is 12.3. The number of rotatable bonds is 8. The molecule has 0 aliphatic carbocycles. The van der Waals surface area contributed by atoms with Crippen molar-refractivity contribution in [3.05, 3.63) is 47.0 Å². The monoisotopic (exact) mass is 407 g/mol. The number of amides is 1. The first kappa shape index (κ1) is 21.4. The molecule has 0 aromatic heterocycles. The normalized spacial score (nSPS) is 11.3. The van der Waals surface area contributed by atoms with Crippen LogP contribution >= 0.6 is 11.6 Å². The smallest absolute Gasteiger partial charge is 0.344 e. The number of methoxy groups -OCH3 is 2. The minimum absolute atomic E-state index is 0.331. The highest BCUT2D eigenvalue weighted by Gasteiger charge is 2.20. The Hall–Kier alpha value is -2.93. The molecule has 2 aromatic carbocycles. The second-order valence-corrected chi connectivity index (χ2v) is 6.32. The third-order valence-corrected chi connectivity index (χ3v) is 4.06. The number of ether oxygens (including phenoxy) is 4. The van der Waals surface area contributed by atoms with Crippen molar-refractivity contribution in [2.45, 2.75) is 20.0 Å². The van der Waals surface area contributed by atoms with Crippen LogP contribution in [-0.4, -0.2) is 38.8 Å². The van der Waals surface area contributed by atoms with Crippen LogP contribution in [0.5, 0.6) is 17.2 Å². The molecule has 0 heterocycles. The van der Waals surface area contributed by atoms with E-state index in [1.807, 2.05) is 6.92 Å². The van der Waals surface area contributed by atoms with Gasteiger partial charge in [0.15, 0.2) is 12.7 Å². The Bertz CT molecular complexity index is 855. The highest BCUT2D eigenvalue weighted by Crippen LogP contribution is 2.29. The van der Waals surface area contributed by atoms with E-state index in [0.29, 0.717) is 28.0 Å². The van der Waals surface area contributed by atoms with Crippen LogP contribution in [0.15, 0.2) is 36.4 Å². The number of hydrogen-bond acceptors (Lipinski definition) is 6. The SMILES string of the molecule is COc1ccc(OC)c(NC(=O)C(C)OC(=O)COc2ccc(Cl)cc2C)c1. The molecule has 0 aliphatic rings. The summed E-state index contributed by atoms with van der Waals surface area (Å²) >= 11 is 5.88. The number of hydrogen-bond donors (Lipinski definition) is 1. The zero-order valence-electron chi connectivity index (χ0n) is 16.1. The Morgan fingerprint density at radius 3 is 2.43 bits per heavy atom. The van der Waals surface area contributed by atoms with Crippen LogP contribution in [0.1, 0.15) is 12.5 Å². The molecule has 28 heavy (non-hydrogen) atoms. The van der Waals surface area contributed by atoms with E-state index in [4.69, 9.17) is 30.5 Å². The third kappa shape index (κ3) is 5.79. The van der Waals surface area contributed by atoms with Gasteiger partial charge in [-0.25, -0.2) is 4.79 Å². The zero-order valence-corrected chi connectivity index (χ0v) is 16.8. The van der Waals surface area contributed by atoms with Crippen molar-refractivity contribution in [3.63, 3.8) is 0 Å². The predicted molar refractivity (Wildman–Crippen MR) is 105 cm³/mol. The van der Waals surface area contributed by atoms with Crippen LogP contribution in [0.25, 0.3) is 0 Å². The summed E-state index contributed by atoms with van der Waals surface area (Å²) in [5, 5.41) is 3.23. The number of carbonyl (C=O) groups excluding carboxylic acids is 2. The molecule has 1 unspecified atom stereocenters. The fourth-order valence-corrected chi connectivity index (χ4v) is 2.57. The lowest BCUT2D eigenvalue weighted by atomic mass is 10.2. The molecule has 8 heteroatoms. The largest absolute Gasteiger partial charge is 0.497 e. The number of aryl methyl sites for hydroxylation is 1. The zero-order chi connectivity index (χ0) is 20.7. The Balaban J connectivity index is 1.92. The van der Waals surface area contributed by atoms with Crippen LogP contribution in [0.3, 0.4) is 0 Å². The summed E-state index contributed by atoms with van der Waals surface area (Å²) in [7, 11) is 3.00. The van der Waals surface area contributed by atoms with Crippen LogP contribution in [0.2, 0.25) is 5.02 Å². The Kier molecular flexibility index (Phi) is 7.52. The molecule has 0 saturated heterocycles. The lowest BCUT2D eigenvalue weighted by Crippen LogP contribution is -2.31. The van der Waals surface area contributed by atoms with Gasteiger partial charge in [-0.05, 0) is 49.7 Å². The minimum atomic E-state index is -1.03. The Morgan fingerprint density at radius 1 is 1.07 bits per heavy atom. The van der Waals surface area contributed by atoms with Gasteiger partial charge < -0.3 is 24.3 Å². The fourth-order valence-electron chi connectivity index (χ4n) is 2.34. The summed E-state index contributed by atoms with van der Waals surface area (Å²) in [6, 6.07) is 10.0. The molecule has 0 fully saturated rings. The summed E-state index contributed by atoms with van der Waals surface area (Å²) in [6.45, 7) is 2.94. The molecule has 2 rings (SSSR count). The predicted octanol–water partition coefficient (Wildman–Crippen LogP) is 3.61. The van der Waals surface area contributed by atoms with Gasteiger partial charge in [-0.1, -0.05) is 11.6 Å². The summed E-state index contributed by atoms with van der Waals surface area (Å²) in [5.41, 5.74) is 1.19. The van der Waals surface area contributed by atoms with Gasteiger partial charge in [0.1, 0.15) is 17.2 Å². The van der Waals surface area contributed by atoms with Gasteiger partial charge in [-0.3, -0.25) is 4.79 Å². The lowest BCUT2D eigenvalue weighted by Gasteiger charge is -2.16. The van der Waals surface area contributed by atoms with Crippen molar-refractivity contribution in [2.75, 3.05) is 26.1 Å². The number of halogens is 1. The van der Waals surface area contributed by atoms with E-state index in [1.54, 1.807) is 36.4 Å². The van der Waals surface area contributed by atoms with Gasteiger partial charge in [-0.2, -0.15) is 0 Å². The number of anilines is 1. The first-order valence-corrected chi connectivity index (χ1v) is 8.83. The molecule has 0 aliphatic heterocycles. The van der Waals surface area contributed by atoms with E-state index in [0.717, 1.165) is 5.56 Å². The molecule has 2 aromatic rings. The van der Waals surface area contributed by atoms with Crippen LogP contribution in [0, 0.1) is 6.92 Å². The van der Waals surface area contributed by atoms with E-state index < -0.39 is 18.0 Å². The highest BCUT2D eigenvalue weighted by atomic mass is 35.5. The van der Waals surface area contributed by atoms with Gasteiger partial charge in [0.05, 0.1) is 19.9 Å². The minimum Gasteiger partial charge on any atom is -0.497 e. The summed E-state index contributed by atoms with van der Waals surface area (Å²) in [6.07, 6.45) is -1.03. The quantitative estimate of drug-likeness (QED) is 0.673. The number of esters is 1. The van der Waals surface area contributed by atoms with E-state index in [1.165, 1.54) is 21.1 Å². The van der Waals surface area contributed by atoms with Crippen molar-refractivity contribution in [1.29, 1.82) is 0 Å². The van der Waals surface area contributed by atoms with Crippen molar-refractivity contribution in [1.82, 2.24) is 0 Å². The maximum atomic E-state index is 12.3. The maximum Gasteiger partial charge on any atom is 0.344 e. The molecule has 150 valence electrons. The van der Waals surface area contributed by atoms with Crippen molar-refractivity contribution < 1.29 is 28.5 Å². The van der Waals surface area contributed by atoms with Crippen LogP contribution in [-0.2, 0) is 14.3 Å². The van der Waals surface area contributed by atoms with Crippen LogP contribution < -0.4 is 19.5 Å². The first-order valence-electron chi connectivity index (χ1n) is 8.45. The van der Waals surface area contributed by atoms with Gasteiger partial charge in [0.25, 0.3) is 5.91 Å². The molecule has 0 saturated carbocycles. The standard InChI is InChI=1S/C20H22ClNO6/c1-12-9-14(21)5-7-17(12)27-11-19(23)28-13(2)20(24)22-16-10-15(25-3)6-8-18(16)26-4/h5-10,13H,11H2,1-4H3,(H,22,24). The summed E-state index contributed by atoms with van der Waals surface area (Å²) < 4.78 is 20.9. The average molecular weight is 408 g/mol. The number of benzene rings is 2. The van der Waals surface area contributed by atoms with E-state index in [-0.39, 0.29) is 6.61 Å². The Labute approximate surface area is 168 Å². The van der Waals surface area contributed by atoms with Gasteiger partial charge in [0, 0.05) is 11.1 Å². The molecule has 7 nitrogen and oxygen atoms in total. The van der Waals surface area contributed by atoms with Gasteiger partial charge in [-0.15, -0.1) is 0 Å². The molecular weight excluding hydrogens is 386 g/mol. The molecule has 0 bridgehead atoms. The van der Waals surface area contributed by atoms with E-state index >= 15 is 0 Å². The van der Waals surface area contributed by atoms with Crippen molar-refractivity contribution >= 4 is 29.2 Å². The number of nitrogens with one attached hydrogen (secondary N) is 1. The average Bonchev–Trinajstić information content (AvgIpc) is 2.67. The second-order valence-electron chi connectivity index (χ2n) is 5.89. The number of carbonyl (C=O) groups is 2. The molecule has 0 spiro atoms. The second kappa shape index (κ2) is 9.85. The highest BCUT2D eigenvalue weighted by molar-refractivity contribution is 6.30. The molecule has 1 amide bonds. The topological polar surface area (TPSA) is 83.1 Å². The third-order valence-electron chi connectivity index (χ3n) is 3.82. The summed E-state index contributed by atoms with van der Waals surface area (Å²) in [5.74, 6) is 0.332. The first-order chi connectivity index (χ1) is 13.3.